The quantitative estimate of drug-likeness (QED) is 0.780. The minimum Gasteiger partial charge on any atom is -0.497 e. The molecule has 0 bridgehead atoms. The van der Waals surface area contributed by atoms with Gasteiger partial charge in [-0.05, 0) is 45.9 Å². The third-order valence-electron chi connectivity index (χ3n) is 4.34. The Morgan fingerprint density at radius 1 is 1.11 bits per heavy atom. The van der Waals surface area contributed by atoms with Gasteiger partial charge in [-0.2, -0.15) is 0 Å². The lowest BCUT2D eigenvalue weighted by Crippen LogP contribution is -2.44. The molecule has 27 heavy (non-hydrogen) atoms. The zero-order chi connectivity index (χ0) is 20.0. The van der Waals surface area contributed by atoms with Gasteiger partial charge in [-0.15, -0.1) is 0 Å². The highest BCUT2D eigenvalue weighted by atomic mass is 19.1. The number of hydrogen-bond donors (Lipinski definition) is 0. The Morgan fingerprint density at radius 2 is 1.74 bits per heavy atom. The minimum atomic E-state index is -2.51. The van der Waals surface area contributed by atoms with E-state index in [1.54, 1.807) is 51.1 Å². The molecule has 0 saturated heterocycles. The molecule has 1 aliphatic heterocycles. The highest BCUT2D eigenvalue weighted by Gasteiger charge is 2.56. The number of aryl methyl sites for hydroxylation is 1. The van der Waals surface area contributed by atoms with Gasteiger partial charge >= 0.3 is 6.09 Å². The number of carbonyl (C=O) groups excluding carboxylic acids is 2. The van der Waals surface area contributed by atoms with Gasteiger partial charge in [-0.3, -0.25) is 4.79 Å². The van der Waals surface area contributed by atoms with Crippen molar-refractivity contribution in [2.45, 2.75) is 39.0 Å². The van der Waals surface area contributed by atoms with Crippen molar-refractivity contribution in [1.29, 1.82) is 0 Å². The predicted molar refractivity (Wildman–Crippen MR) is 99.8 cm³/mol. The topological polar surface area (TPSA) is 55.8 Å². The molecule has 142 valence electrons. The zero-order valence-electron chi connectivity index (χ0n) is 16.0. The van der Waals surface area contributed by atoms with E-state index in [0.717, 1.165) is 10.5 Å². The smallest absolute Gasteiger partial charge is 0.421 e. The number of hydrogen-bond acceptors (Lipinski definition) is 4. The van der Waals surface area contributed by atoms with Crippen molar-refractivity contribution in [3.63, 3.8) is 0 Å². The molecule has 6 heteroatoms. The van der Waals surface area contributed by atoms with Gasteiger partial charge in [0.15, 0.2) is 0 Å². The van der Waals surface area contributed by atoms with Gasteiger partial charge in [0.1, 0.15) is 11.4 Å². The second-order valence-corrected chi connectivity index (χ2v) is 7.53. The molecule has 5 nitrogen and oxygen atoms in total. The maximum absolute atomic E-state index is 16.3. The van der Waals surface area contributed by atoms with Gasteiger partial charge in [0.25, 0.3) is 5.91 Å². The van der Waals surface area contributed by atoms with E-state index in [9.17, 15) is 9.59 Å². The molecule has 1 atom stereocenters. The molecule has 0 aromatic heterocycles. The second kappa shape index (κ2) is 6.37. The number of anilines is 1. The molecule has 1 heterocycles. The van der Waals surface area contributed by atoms with Crippen molar-refractivity contribution in [3.05, 3.63) is 59.2 Å². The standard InChI is InChI=1S/C21H22FNO4/c1-13-6-8-14(9-7-13)21(22)16-12-15(26-5)10-11-17(16)23(18(21)24)19(25)27-20(2,3)4/h6-12H,1-5H3. The van der Waals surface area contributed by atoms with Gasteiger partial charge in [-0.25, -0.2) is 14.1 Å². The number of fused-ring (bicyclic) bond motifs is 1. The van der Waals surface area contributed by atoms with E-state index in [1.807, 2.05) is 6.92 Å². The van der Waals surface area contributed by atoms with Crippen molar-refractivity contribution >= 4 is 17.7 Å². The first kappa shape index (κ1) is 18.9. The van der Waals surface area contributed by atoms with E-state index in [4.69, 9.17) is 9.47 Å². The molecule has 3 rings (SSSR count). The van der Waals surface area contributed by atoms with Gasteiger partial charge in [0.2, 0.25) is 5.67 Å². The fourth-order valence-electron chi connectivity index (χ4n) is 3.04. The molecule has 1 aliphatic rings. The van der Waals surface area contributed by atoms with Gasteiger partial charge in [-0.1, -0.05) is 29.8 Å². The van der Waals surface area contributed by atoms with E-state index in [2.05, 4.69) is 0 Å². The summed E-state index contributed by atoms with van der Waals surface area (Å²) in [6.07, 6.45) is -0.912. The molecule has 2 aromatic rings. The number of methoxy groups -OCH3 is 1. The highest BCUT2D eigenvalue weighted by molar-refractivity contribution is 6.21. The Balaban J connectivity index is 2.18. The molecule has 0 saturated carbocycles. The summed E-state index contributed by atoms with van der Waals surface area (Å²) in [5.74, 6) is -0.606. The largest absolute Gasteiger partial charge is 0.497 e. The van der Waals surface area contributed by atoms with Gasteiger partial charge in [0, 0.05) is 11.1 Å². The fraction of sp³-hybridized carbons (Fsp3) is 0.333. The average molecular weight is 371 g/mol. The highest BCUT2D eigenvalue weighted by Crippen LogP contribution is 2.49. The van der Waals surface area contributed by atoms with Crippen LogP contribution in [0.25, 0.3) is 0 Å². The molecular weight excluding hydrogens is 349 g/mol. The zero-order valence-corrected chi connectivity index (χ0v) is 16.0. The van der Waals surface area contributed by atoms with Gasteiger partial charge < -0.3 is 9.47 Å². The van der Waals surface area contributed by atoms with Crippen molar-refractivity contribution in [1.82, 2.24) is 0 Å². The number of carbonyl (C=O) groups is 2. The molecule has 2 aromatic carbocycles. The molecular formula is C21H22FNO4. The maximum atomic E-state index is 16.3. The van der Waals surface area contributed by atoms with Crippen molar-refractivity contribution < 1.29 is 23.5 Å². The number of rotatable bonds is 2. The van der Waals surface area contributed by atoms with Crippen LogP contribution in [0, 0.1) is 6.92 Å². The monoisotopic (exact) mass is 371 g/mol. The number of ether oxygens (including phenoxy) is 2. The van der Waals surface area contributed by atoms with Crippen LogP contribution in [0.5, 0.6) is 5.75 Å². The fourth-order valence-corrected chi connectivity index (χ4v) is 3.04. The number of nitrogens with zero attached hydrogens (tertiary/aromatic N) is 1. The normalized spacial score (nSPS) is 19.0. The van der Waals surface area contributed by atoms with Crippen LogP contribution in [0.15, 0.2) is 42.5 Å². The molecule has 1 unspecified atom stereocenters. The number of alkyl halides is 1. The van der Waals surface area contributed by atoms with E-state index >= 15 is 4.39 Å². The third-order valence-corrected chi connectivity index (χ3v) is 4.34. The lowest BCUT2D eigenvalue weighted by molar-refractivity contribution is -0.126. The van der Waals surface area contributed by atoms with E-state index in [1.165, 1.54) is 19.2 Å². The average Bonchev–Trinajstić information content (AvgIpc) is 2.82. The number of halogens is 1. The summed E-state index contributed by atoms with van der Waals surface area (Å²) in [6.45, 7) is 6.92. The molecule has 0 fully saturated rings. The third kappa shape index (κ3) is 3.16. The Hall–Kier alpha value is -2.89. The summed E-state index contributed by atoms with van der Waals surface area (Å²) in [5, 5.41) is 0. The Labute approximate surface area is 157 Å². The van der Waals surface area contributed by atoms with Crippen LogP contribution in [0.4, 0.5) is 14.9 Å². The summed E-state index contributed by atoms with van der Waals surface area (Å²) in [5.41, 5.74) is -2.04. The molecule has 0 radical (unpaired) electrons. The van der Waals surface area contributed by atoms with Crippen LogP contribution in [0.2, 0.25) is 0 Å². The second-order valence-electron chi connectivity index (χ2n) is 7.53. The van der Waals surface area contributed by atoms with Crippen LogP contribution in [-0.2, 0) is 15.2 Å². The number of imide groups is 1. The molecule has 2 amide bonds. The first-order chi connectivity index (χ1) is 12.6. The molecule has 0 N–H and O–H groups in total. The predicted octanol–water partition coefficient (Wildman–Crippen LogP) is 4.50. The first-order valence-corrected chi connectivity index (χ1v) is 8.60. The minimum absolute atomic E-state index is 0.0570. The Kier molecular flexibility index (Phi) is 4.46. The summed E-state index contributed by atoms with van der Waals surface area (Å²) < 4.78 is 26.8. The lowest BCUT2D eigenvalue weighted by atomic mass is 9.89. The summed E-state index contributed by atoms with van der Waals surface area (Å²) in [7, 11) is 1.45. The van der Waals surface area contributed by atoms with Crippen LogP contribution in [-0.4, -0.2) is 24.7 Å². The summed E-state index contributed by atoms with van der Waals surface area (Å²) >= 11 is 0. The van der Waals surface area contributed by atoms with Crippen LogP contribution < -0.4 is 9.64 Å². The Morgan fingerprint density at radius 3 is 2.30 bits per heavy atom. The van der Waals surface area contributed by atoms with Crippen molar-refractivity contribution in [3.8, 4) is 5.75 Å². The lowest BCUT2D eigenvalue weighted by Gasteiger charge is -2.24. The van der Waals surface area contributed by atoms with E-state index in [-0.39, 0.29) is 16.8 Å². The number of amides is 2. The van der Waals surface area contributed by atoms with Crippen LogP contribution >= 0.6 is 0 Å². The molecule has 0 aliphatic carbocycles. The van der Waals surface area contributed by atoms with Crippen LogP contribution in [0.1, 0.15) is 37.5 Å². The van der Waals surface area contributed by atoms with E-state index < -0.39 is 23.3 Å². The van der Waals surface area contributed by atoms with Crippen molar-refractivity contribution in [2.75, 3.05) is 12.0 Å². The van der Waals surface area contributed by atoms with Gasteiger partial charge in [0.05, 0.1) is 12.8 Å². The summed E-state index contributed by atoms with van der Waals surface area (Å²) in [6, 6.07) is 11.1. The Bertz CT molecular complexity index is 901. The molecule has 0 spiro atoms. The first-order valence-electron chi connectivity index (χ1n) is 8.60. The SMILES string of the molecule is COc1ccc2c(c1)C(F)(c1ccc(C)cc1)C(=O)N2C(=O)OC(C)(C)C. The van der Waals surface area contributed by atoms with Crippen LogP contribution in [0.3, 0.4) is 0 Å². The summed E-state index contributed by atoms with van der Waals surface area (Å²) in [4.78, 5) is 26.5. The maximum Gasteiger partial charge on any atom is 0.421 e. The van der Waals surface area contributed by atoms with Crippen molar-refractivity contribution in [2.24, 2.45) is 0 Å². The van der Waals surface area contributed by atoms with E-state index in [0.29, 0.717) is 5.75 Å². The number of benzene rings is 2.